The lowest BCUT2D eigenvalue weighted by Gasteiger charge is -1.97. The van der Waals surface area contributed by atoms with Gasteiger partial charge in [0.05, 0.1) is 5.69 Å². The van der Waals surface area contributed by atoms with Crippen molar-refractivity contribution >= 4 is 5.78 Å². The first-order valence-electron chi connectivity index (χ1n) is 5.79. The van der Waals surface area contributed by atoms with E-state index in [0.717, 1.165) is 37.3 Å². The molecule has 16 heavy (non-hydrogen) atoms. The molecule has 0 saturated heterocycles. The van der Waals surface area contributed by atoms with Crippen LogP contribution >= 0.6 is 0 Å². The van der Waals surface area contributed by atoms with Gasteiger partial charge in [0.1, 0.15) is 12.0 Å². The summed E-state index contributed by atoms with van der Waals surface area (Å²) in [6.45, 7) is 5.80. The molecule has 0 unspecified atom stereocenters. The van der Waals surface area contributed by atoms with Crippen molar-refractivity contribution in [3.8, 4) is 0 Å². The minimum Gasteiger partial charge on any atom is -0.449 e. The first-order chi connectivity index (χ1) is 7.58. The molecule has 0 fully saturated rings. The van der Waals surface area contributed by atoms with Crippen LogP contribution in [0.4, 0.5) is 0 Å². The Balaban J connectivity index is 2.26. The minimum absolute atomic E-state index is 0.254. The van der Waals surface area contributed by atoms with Gasteiger partial charge in [-0.15, -0.1) is 0 Å². The Hall–Kier alpha value is -1.12. The lowest BCUT2D eigenvalue weighted by atomic mass is 10.1. The number of rotatable bonds is 7. The molecule has 0 saturated carbocycles. The highest BCUT2D eigenvalue weighted by Gasteiger charge is 2.06. The highest BCUT2D eigenvalue weighted by atomic mass is 16.3. The van der Waals surface area contributed by atoms with E-state index in [4.69, 9.17) is 4.42 Å². The molecular weight excluding hydrogens is 202 g/mol. The summed E-state index contributed by atoms with van der Waals surface area (Å²) in [6.07, 6.45) is 6.00. The number of aryl methyl sites for hydroxylation is 1. The topological polar surface area (TPSA) is 43.1 Å². The van der Waals surface area contributed by atoms with Crippen LogP contribution in [0, 0.1) is 5.92 Å². The molecule has 0 aromatic carbocycles. The van der Waals surface area contributed by atoms with Crippen molar-refractivity contribution in [3.63, 3.8) is 0 Å². The Kier molecular flexibility index (Phi) is 5.23. The van der Waals surface area contributed by atoms with Crippen LogP contribution in [-0.2, 0) is 17.6 Å². The quantitative estimate of drug-likeness (QED) is 0.666. The second kappa shape index (κ2) is 6.46. The Bertz CT molecular complexity index is 328. The van der Waals surface area contributed by atoms with Crippen molar-refractivity contribution in [3.05, 3.63) is 23.8 Å². The van der Waals surface area contributed by atoms with Crippen LogP contribution in [0.15, 0.2) is 10.7 Å². The number of carbonyl (C=O) groups excluding carboxylic acids is 1. The van der Waals surface area contributed by atoms with Gasteiger partial charge < -0.3 is 9.21 Å². The molecule has 1 heterocycles. The summed E-state index contributed by atoms with van der Waals surface area (Å²) in [7, 11) is 0. The van der Waals surface area contributed by atoms with Gasteiger partial charge in [-0.25, -0.2) is 4.98 Å². The fraction of sp³-hybridized carbons (Fsp3) is 0.615. The molecule has 3 heteroatoms. The van der Waals surface area contributed by atoms with Crippen LogP contribution in [0.25, 0.3) is 0 Å². The van der Waals surface area contributed by atoms with Crippen LogP contribution in [0.2, 0.25) is 0 Å². The Morgan fingerprint density at radius 2 is 2.06 bits per heavy atom. The number of Topliss-reactive ketones (excluding diaryl/α,β-unsaturated/α-hetero) is 1. The number of hydrogen-bond donors (Lipinski definition) is 0. The third-order valence-corrected chi connectivity index (χ3v) is 2.30. The highest BCUT2D eigenvalue weighted by molar-refractivity contribution is 5.75. The van der Waals surface area contributed by atoms with E-state index < -0.39 is 0 Å². The fourth-order valence-electron chi connectivity index (χ4n) is 1.56. The van der Waals surface area contributed by atoms with E-state index in [1.54, 1.807) is 13.2 Å². The van der Waals surface area contributed by atoms with Gasteiger partial charge in [-0.3, -0.25) is 0 Å². The van der Waals surface area contributed by atoms with E-state index in [1.807, 2.05) is 0 Å². The lowest BCUT2D eigenvalue weighted by molar-refractivity contribution is -0.117. The first kappa shape index (κ1) is 12.9. The zero-order valence-corrected chi connectivity index (χ0v) is 10.4. The number of nitrogens with zero attached hydrogens (tertiary/aromatic N) is 1. The van der Waals surface area contributed by atoms with Crippen molar-refractivity contribution in [2.75, 3.05) is 0 Å². The molecule has 1 aromatic rings. The Morgan fingerprint density at radius 1 is 1.31 bits per heavy atom. The summed E-state index contributed by atoms with van der Waals surface area (Å²) in [5.41, 5.74) is 1.00. The van der Waals surface area contributed by atoms with Gasteiger partial charge in [-0.1, -0.05) is 13.8 Å². The Morgan fingerprint density at radius 3 is 2.69 bits per heavy atom. The Labute approximate surface area is 97.3 Å². The molecular formula is C13H20NO2. The molecule has 0 aliphatic rings. The highest BCUT2D eigenvalue weighted by Crippen LogP contribution is 2.11. The fourth-order valence-corrected chi connectivity index (χ4v) is 1.56. The van der Waals surface area contributed by atoms with Crippen LogP contribution in [0.3, 0.4) is 0 Å². The van der Waals surface area contributed by atoms with Crippen LogP contribution in [0.5, 0.6) is 0 Å². The predicted octanol–water partition coefficient (Wildman–Crippen LogP) is 3.13. The molecule has 0 bridgehead atoms. The van der Waals surface area contributed by atoms with Gasteiger partial charge in [0.2, 0.25) is 0 Å². The van der Waals surface area contributed by atoms with Gasteiger partial charge in [0.25, 0.3) is 0 Å². The van der Waals surface area contributed by atoms with Gasteiger partial charge in [0.15, 0.2) is 5.89 Å². The maximum absolute atomic E-state index is 10.7. The van der Waals surface area contributed by atoms with Gasteiger partial charge in [-0.2, -0.15) is 0 Å². The predicted molar refractivity (Wildman–Crippen MR) is 63.0 cm³/mol. The van der Waals surface area contributed by atoms with E-state index >= 15 is 0 Å². The zero-order valence-electron chi connectivity index (χ0n) is 10.4. The van der Waals surface area contributed by atoms with Crippen molar-refractivity contribution < 1.29 is 9.21 Å². The first-order valence-corrected chi connectivity index (χ1v) is 5.79. The van der Waals surface area contributed by atoms with E-state index in [0.29, 0.717) is 6.42 Å². The van der Waals surface area contributed by atoms with E-state index in [9.17, 15) is 4.79 Å². The number of aromatic nitrogens is 1. The maximum atomic E-state index is 10.7. The van der Waals surface area contributed by atoms with E-state index in [2.05, 4.69) is 18.8 Å². The van der Waals surface area contributed by atoms with Gasteiger partial charge >= 0.3 is 0 Å². The third-order valence-electron chi connectivity index (χ3n) is 2.30. The number of hydrogen-bond acceptors (Lipinski definition) is 3. The standard InChI is InChI=1S/C13H20NO2/c1-10(2)8-12-9-16-13(14-12)7-5-4-6-11(3)15/h9H,4-8H2,1-3H3. The van der Waals surface area contributed by atoms with Gasteiger partial charge in [0, 0.05) is 12.8 Å². The number of carbonyl (C=O) groups is 1. The molecule has 0 aliphatic carbocycles. The third kappa shape index (κ3) is 5.10. The van der Waals surface area contributed by atoms with Gasteiger partial charge in [-0.05, 0) is 32.1 Å². The smallest absolute Gasteiger partial charge is 0.194 e. The summed E-state index contributed by atoms with van der Waals surface area (Å²) >= 11 is 0. The number of oxazole rings is 1. The summed E-state index contributed by atoms with van der Waals surface area (Å²) in [5.74, 6) is 2.38. The summed E-state index contributed by atoms with van der Waals surface area (Å²) < 4.78 is 5.36. The molecule has 0 aliphatic heterocycles. The van der Waals surface area contributed by atoms with E-state index in [1.165, 1.54) is 5.92 Å². The molecule has 0 N–H and O–H groups in total. The average Bonchev–Trinajstić information content (AvgIpc) is 2.59. The number of ketones is 1. The lowest BCUT2D eigenvalue weighted by Crippen LogP contribution is -1.94. The molecule has 0 atom stereocenters. The van der Waals surface area contributed by atoms with Crippen molar-refractivity contribution in [2.45, 2.75) is 52.9 Å². The maximum Gasteiger partial charge on any atom is 0.194 e. The van der Waals surface area contributed by atoms with Crippen molar-refractivity contribution in [1.29, 1.82) is 0 Å². The SMILES string of the molecule is C[C](C)Cc1coc(CCCCC(C)=O)n1. The van der Waals surface area contributed by atoms with E-state index in [-0.39, 0.29) is 5.78 Å². The summed E-state index contributed by atoms with van der Waals surface area (Å²) in [5, 5.41) is 0. The zero-order chi connectivity index (χ0) is 12.0. The molecule has 89 valence electrons. The number of unbranched alkanes of at least 4 members (excludes halogenated alkanes) is 1. The summed E-state index contributed by atoms with van der Waals surface area (Å²) in [6, 6.07) is 0. The molecule has 0 amide bonds. The van der Waals surface area contributed by atoms with Crippen LogP contribution in [0.1, 0.15) is 51.6 Å². The minimum atomic E-state index is 0.254. The molecule has 1 aromatic heterocycles. The monoisotopic (exact) mass is 222 g/mol. The average molecular weight is 222 g/mol. The normalized spacial score (nSPS) is 11.0. The molecule has 1 radical (unpaired) electrons. The van der Waals surface area contributed by atoms with Crippen molar-refractivity contribution in [2.24, 2.45) is 0 Å². The second-order valence-corrected chi connectivity index (χ2v) is 4.53. The second-order valence-electron chi connectivity index (χ2n) is 4.53. The van der Waals surface area contributed by atoms with Crippen molar-refractivity contribution in [1.82, 2.24) is 4.98 Å². The molecule has 3 nitrogen and oxygen atoms in total. The van der Waals surface area contributed by atoms with Crippen LogP contribution in [-0.4, -0.2) is 10.8 Å². The van der Waals surface area contributed by atoms with Crippen LogP contribution < -0.4 is 0 Å². The molecule has 0 spiro atoms. The summed E-state index contributed by atoms with van der Waals surface area (Å²) in [4.78, 5) is 15.1. The largest absolute Gasteiger partial charge is 0.449 e. The molecule has 1 rings (SSSR count).